The summed E-state index contributed by atoms with van der Waals surface area (Å²) in [6.07, 6.45) is -1.89. The Morgan fingerprint density at radius 3 is 1.65 bits per heavy atom. The molecule has 6 N–H and O–H groups in total. The van der Waals surface area contributed by atoms with E-state index in [0.29, 0.717) is 28.2 Å². The number of fused-ring (bicyclic) bond motifs is 1. The van der Waals surface area contributed by atoms with Crippen LogP contribution in [-0.4, -0.2) is 23.9 Å². The first kappa shape index (κ1) is 26.6. The lowest BCUT2D eigenvalue weighted by molar-refractivity contribution is -0.129. The van der Waals surface area contributed by atoms with Crippen LogP contribution in [0.2, 0.25) is 0 Å². The summed E-state index contributed by atoms with van der Waals surface area (Å²) in [7, 11) is 0. The average Bonchev–Trinajstić information content (AvgIpc) is 3.05. The first-order valence-electron chi connectivity index (χ1n) is 12.9. The number of anilines is 3. The molecule has 2 unspecified atom stereocenters. The van der Waals surface area contributed by atoms with Gasteiger partial charge in [0.05, 0.1) is 11.4 Å². The molecule has 1 heterocycles. The van der Waals surface area contributed by atoms with Gasteiger partial charge in [0.1, 0.15) is 12.3 Å². The molecule has 0 spiro atoms. The van der Waals surface area contributed by atoms with Crippen molar-refractivity contribution in [1.29, 1.82) is 0 Å². The molecular weight excluding hydrogens is 504 g/mol. The number of benzene rings is 4. The summed E-state index contributed by atoms with van der Waals surface area (Å²) in [5, 5.41) is 5.30. The second-order valence-corrected chi connectivity index (χ2v) is 9.52. The van der Waals surface area contributed by atoms with Crippen molar-refractivity contribution in [3.8, 4) is 0 Å². The van der Waals surface area contributed by atoms with E-state index < -0.39 is 36.2 Å². The summed E-state index contributed by atoms with van der Waals surface area (Å²) >= 11 is 0. The summed E-state index contributed by atoms with van der Waals surface area (Å²) in [5.74, 6) is -1.37. The number of carbonyl (C=O) groups excluding carboxylic acids is 3. The van der Waals surface area contributed by atoms with Crippen LogP contribution in [0.1, 0.15) is 29.0 Å². The van der Waals surface area contributed by atoms with Gasteiger partial charge in [-0.05, 0) is 47.9 Å². The van der Waals surface area contributed by atoms with Crippen molar-refractivity contribution in [2.75, 3.05) is 15.1 Å². The minimum Gasteiger partial charge on any atom is -0.318 e. The molecule has 0 saturated carbocycles. The molecule has 9 nitrogen and oxygen atoms in total. The molecule has 202 valence electrons. The van der Waals surface area contributed by atoms with Crippen LogP contribution in [0.15, 0.2) is 109 Å². The molecule has 4 aromatic rings. The minimum atomic E-state index is -1.61. The normalized spacial score (nSPS) is 16.5. The molecule has 0 radical (unpaired) electrons. The fourth-order valence-electron chi connectivity index (χ4n) is 4.81. The van der Waals surface area contributed by atoms with Crippen molar-refractivity contribution in [3.05, 3.63) is 126 Å². The highest BCUT2D eigenvalue weighted by Crippen LogP contribution is 2.39. The van der Waals surface area contributed by atoms with E-state index in [1.165, 1.54) is 9.80 Å². The maximum atomic E-state index is 14.2. The third-order valence-corrected chi connectivity index (χ3v) is 6.76. The van der Waals surface area contributed by atoms with Gasteiger partial charge in [-0.15, -0.1) is 0 Å². The van der Waals surface area contributed by atoms with Gasteiger partial charge in [0.15, 0.2) is 6.04 Å². The summed E-state index contributed by atoms with van der Waals surface area (Å²) in [6.45, 7) is 1.89. The molecule has 5 rings (SSSR count). The number of amides is 4. The SMILES string of the molecule is Cc1cccc(NC(=O)NC2C(=O)N(C(N)c3ccccc3)c3ccccc3N(C(N)c3ccccc3)C2=O)c1. The van der Waals surface area contributed by atoms with Crippen LogP contribution in [0.25, 0.3) is 0 Å². The van der Waals surface area contributed by atoms with Crippen molar-refractivity contribution in [3.63, 3.8) is 0 Å². The number of rotatable bonds is 6. The third-order valence-electron chi connectivity index (χ3n) is 6.76. The van der Waals surface area contributed by atoms with Crippen LogP contribution < -0.4 is 31.9 Å². The zero-order chi connectivity index (χ0) is 28.2. The zero-order valence-corrected chi connectivity index (χ0v) is 21.9. The fraction of sp³-hybridized carbons (Fsp3) is 0.129. The molecule has 2 atom stereocenters. The summed E-state index contributed by atoms with van der Waals surface area (Å²) in [5.41, 5.74) is 16.9. The number of aryl methyl sites for hydroxylation is 1. The summed E-state index contributed by atoms with van der Waals surface area (Å²) in [6, 6.07) is 29.9. The quantitative estimate of drug-likeness (QED) is 0.276. The molecule has 1 aliphatic heterocycles. The van der Waals surface area contributed by atoms with Crippen LogP contribution in [-0.2, 0) is 9.59 Å². The third kappa shape index (κ3) is 5.28. The lowest BCUT2D eigenvalue weighted by Crippen LogP contribution is -2.58. The molecule has 1 aliphatic rings. The maximum absolute atomic E-state index is 14.2. The number of hydrogen-bond acceptors (Lipinski definition) is 5. The van der Waals surface area contributed by atoms with E-state index in [-0.39, 0.29) is 0 Å². The number of nitrogens with zero attached hydrogens (tertiary/aromatic N) is 2. The molecule has 0 aromatic heterocycles. The van der Waals surface area contributed by atoms with Gasteiger partial charge >= 0.3 is 6.03 Å². The highest BCUT2D eigenvalue weighted by molar-refractivity contribution is 6.22. The van der Waals surface area contributed by atoms with E-state index in [2.05, 4.69) is 10.6 Å². The van der Waals surface area contributed by atoms with Gasteiger partial charge in [0.2, 0.25) is 0 Å². The zero-order valence-electron chi connectivity index (χ0n) is 21.9. The number of nitrogens with two attached hydrogens (primary N) is 2. The smallest absolute Gasteiger partial charge is 0.318 e. The molecule has 40 heavy (non-hydrogen) atoms. The van der Waals surface area contributed by atoms with Gasteiger partial charge in [-0.1, -0.05) is 84.9 Å². The van der Waals surface area contributed by atoms with Crippen LogP contribution in [0.5, 0.6) is 0 Å². The monoisotopic (exact) mass is 534 g/mol. The summed E-state index contributed by atoms with van der Waals surface area (Å²) < 4.78 is 0. The van der Waals surface area contributed by atoms with E-state index in [4.69, 9.17) is 11.5 Å². The van der Waals surface area contributed by atoms with E-state index >= 15 is 0 Å². The molecule has 0 saturated heterocycles. The lowest BCUT2D eigenvalue weighted by atomic mass is 10.1. The van der Waals surface area contributed by atoms with Gasteiger partial charge in [0, 0.05) is 5.69 Å². The molecule has 0 fully saturated rings. The molecular formula is C31H30N6O3. The minimum absolute atomic E-state index is 0.395. The number of urea groups is 1. The van der Waals surface area contributed by atoms with E-state index in [1.54, 1.807) is 66.7 Å². The van der Waals surface area contributed by atoms with Gasteiger partial charge in [-0.2, -0.15) is 0 Å². The largest absolute Gasteiger partial charge is 0.320 e. The topological polar surface area (TPSA) is 134 Å². The van der Waals surface area contributed by atoms with Crippen LogP contribution in [0.3, 0.4) is 0 Å². The average molecular weight is 535 g/mol. The van der Waals surface area contributed by atoms with E-state index in [0.717, 1.165) is 5.56 Å². The highest BCUT2D eigenvalue weighted by atomic mass is 16.2. The van der Waals surface area contributed by atoms with Gasteiger partial charge in [0.25, 0.3) is 11.8 Å². The second kappa shape index (κ2) is 11.4. The maximum Gasteiger partial charge on any atom is 0.320 e. The molecule has 0 aliphatic carbocycles. The second-order valence-electron chi connectivity index (χ2n) is 9.52. The molecule has 4 amide bonds. The Balaban J connectivity index is 1.59. The Morgan fingerprint density at radius 2 is 1.18 bits per heavy atom. The first-order valence-corrected chi connectivity index (χ1v) is 12.9. The number of hydrogen-bond donors (Lipinski definition) is 4. The van der Waals surface area contributed by atoms with Crippen molar-refractivity contribution in [2.45, 2.75) is 25.3 Å². The molecule has 4 aromatic carbocycles. The van der Waals surface area contributed by atoms with Crippen LogP contribution in [0.4, 0.5) is 21.9 Å². The van der Waals surface area contributed by atoms with E-state index in [1.807, 2.05) is 49.4 Å². The van der Waals surface area contributed by atoms with Crippen LogP contribution >= 0.6 is 0 Å². The predicted octanol–water partition coefficient (Wildman–Crippen LogP) is 4.18. The van der Waals surface area contributed by atoms with Crippen molar-refractivity contribution in [2.24, 2.45) is 11.5 Å². The Bertz CT molecular complexity index is 1440. The first-order chi connectivity index (χ1) is 19.3. The Kier molecular flexibility index (Phi) is 7.59. The Hall–Kier alpha value is -4.99. The number of carbonyl (C=O) groups is 3. The highest BCUT2D eigenvalue weighted by Gasteiger charge is 2.45. The van der Waals surface area contributed by atoms with E-state index in [9.17, 15) is 14.4 Å². The van der Waals surface area contributed by atoms with Crippen molar-refractivity contribution in [1.82, 2.24) is 5.32 Å². The van der Waals surface area contributed by atoms with Gasteiger partial charge in [-0.3, -0.25) is 19.4 Å². The summed E-state index contributed by atoms with van der Waals surface area (Å²) in [4.78, 5) is 44.2. The molecule has 9 heteroatoms. The number of nitrogens with one attached hydrogen (secondary N) is 2. The van der Waals surface area contributed by atoms with Crippen molar-refractivity contribution >= 4 is 34.9 Å². The Morgan fingerprint density at radius 1 is 0.700 bits per heavy atom. The standard InChI is InChI=1S/C31H30N6O3/c1-20-11-10-16-23(19-20)34-31(40)35-26-29(38)36(27(32)21-12-4-2-5-13-21)24-17-8-9-18-25(24)37(30(26)39)28(33)22-14-6-3-7-15-22/h2-19,26-28H,32-33H2,1H3,(H2,34,35,40). The van der Waals surface area contributed by atoms with Gasteiger partial charge in [-0.25, -0.2) is 4.79 Å². The number of para-hydroxylation sites is 2. The van der Waals surface area contributed by atoms with Crippen LogP contribution in [0, 0.1) is 6.92 Å². The molecule has 0 bridgehead atoms. The Labute approximate surface area is 232 Å². The lowest BCUT2D eigenvalue weighted by Gasteiger charge is -2.32. The predicted molar refractivity (Wildman–Crippen MR) is 155 cm³/mol. The fourth-order valence-corrected chi connectivity index (χ4v) is 4.81. The van der Waals surface area contributed by atoms with Gasteiger partial charge < -0.3 is 22.1 Å². The van der Waals surface area contributed by atoms with Crippen molar-refractivity contribution < 1.29 is 14.4 Å².